The van der Waals surface area contributed by atoms with E-state index in [0.29, 0.717) is 0 Å². The third-order valence-corrected chi connectivity index (χ3v) is 1.65. The van der Waals surface area contributed by atoms with Crippen LogP contribution in [-0.4, -0.2) is 35.1 Å². The van der Waals surface area contributed by atoms with Gasteiger partial charge in [-0.3, -0.25) is 0 Å². The Morgan fingerprint density at radius 3 is 3.18 bits per heavy atom. The third-order valence-electron chi connectivity index (χ3n) is 1.10. The SMILES string of the molecule is COCCCNc1nnns1. The average Bonchev–Trinajstić information content (AvgIpc) is 2.50. The number of nitrogens with one attached hydrogen (secondary N) is 1. The highest BCUT2D eigenvalue weighted by Gasteiger charge is 1.93. The second-order valence-corrected chi connectivity index (χ2v) is 2.67. The normalized spacial score (nSPS) is 9.91. The van der Waals surface area contributed by atoms with Crippen LogP contribution in [0.2, 0.25) is 0 Å². The van der Waals surface area contributed by atoms with Gasteiger partial charge in [0, 0.05) is 31.8 Å². The van der Waals surface area contributed by atoms with Crippen molar-refractivity contribution in [1.82, 2.24) is 14.8 Å². The number of methoxy groups -OCH3 is 1. The molecular weight excluding hydrogens is 164 g/mol. The van der Waals surface area contributed by atoms with Crippen LogP contribution < -0.4 is 5.32 Å². The molecule has 0 atom stereocenters. The summed E-state index contributed by atoms with van der Waals surface area (Å²) in [6, 6.07) is 0. The van der Waals surface area contributed by atoms with Gasteiger partial charge < -0.3 is 10.1 Å². The highest BCUT2D eigenvalue weighted by molar-refractivity contribution is 7.09. The fraction of sp³-hybridized carbons (Fsp3) is 0.800. The molecule has 0 aliphatic heterocycles. The first kappa shape index (κ1) is 8.35. The smallest absolute Gasteiger partial charge is 0.225 e. The predicted octanol–water partition coefficient (Wildman–Crippen LogP) is 0.381. The Morgan fingerprint density at radius 2 is 2.55 bits per heavy atom. The Morgan fingerprint density at radius 1 is 1.64 bits per heavy atom. The lowest BCUT2D eigenvalue weighted by Crippen LogP contribution is -2.04. The Kier molecular flexibility index (Phi) is 3.77. The zero-order valence-electron chi connectivity index (χ0n) is 6.28. The van der Waals surface area contributed by atoms with Crippen LogP contribution in [0.1, 0.15) is 6.42 Å². The molecule has 62 valence electrons. The maximum Gasteiger partial charge on any atom is 0.225 e. The van der Waals surface area contributed by atoms with Crippen LogP contribution in [0, 0.1) is 0 Å². The first-order valence-corrected chi connectivity index (χ1v) is 4.08. The number of hydrogen-bond acceptors (Lipinski definition) is 6. The summed E-state index contributed by atoms with van der Waals surface area (Å²) in [5, 5.41) is 11.0. The van der Waals surface area contributed by atoms with Gasteiger partial charge in [0.05, 0.1) is 0 Å². The summed E-state index contributed by atoms with van der Waals surface area (Å²) < 4.78 is 8.48. The minimum Gasteiger partial charge on any atom is -0.385 e. The number of nitrogens with zero attached hydrogens (tertiary/aromatic N) is 3. The predicted molar refractivity (Wildman–Crippen MR) is 42.7 cm³/mol. The summed E-state index contributed by atoms with van der Waals surface area (Å²) in [5.74, 6) is 0. The fourth-order valence-corrected chi connectivity index (χ4v) is 1.00. The van der Waals surface area contributed by atoms with Crippen molar-refractivity contribution < 1.29 is 4.74 Å². The quantitative estimate of drug-likeness (QED) is 0.654. The second-order valence-electron chi connectivity index (χ2n) is 1.94. The monoisotopic (exact) mass is 174 g/mol. The van der Waals surface area contributed by atoms with Crippen LogP contribution in [0.4, 0.5) is 5.13 Å². The topological polar surface area (TPSA) is 59.9 Å². The lowest BCUT2D eigenvalue weighted by molar-refractivity contribution is 0.198. The van der Waals surface area contributed by atoms with Crippen molar-refractivity contribution in [2.75, 3.05) is 25.6 Å². The van der Waals surface area contributed by atoms with Gasteiger partial charge in [-0.1, -0.05) is 9.59 Å². The van der Waals surface area contributed by atoms with E-state index in [-0.39, 0.29) is 0 Å². The summed E-state index contributed by atoms with van der Waals surface area (Å²) in [7, 11) is 1.69. The molecule has 0 saturated heterocycles. The summed E-state index contributed by atoms with van der Waals surface area (Å²) in [6.07, 6.45) is 0.968. The number of anilines is 1. The number of ether oxygens (including phenoxy) is 1. The maximum absolute atomic E-state index is 4.87. The average molecular weight is 174 g/mol. The highest BCUT2D eigenvalue weighted by atomic mass is 32.1. The molecule has 0 aliphatic carbocycles. The molecule has 0 fully saturated rings. The van der Waals surface area contributed by atoms with Crippen LogP contribution in [0.3, 0.4) is 0 Å². The largest absolute Gasteiger partial charge is 0.385 e. The molecule has 6 heteroatoms. The molecule has 0 amide bonds. The van der Waals surface area contributed by atoms with Crippen LogP contribution in [0.5, 0.6) is 0 Å². The lowest BCUT2D eigenvalue weighted by Gasteiger charge is -1.98. The molecule has 0 bridgehead atoms. The Balaban J connectivity index is 2.04. The first-order chi connectivity index (χ1) is 5.43. The van der Waals surface area contributed by atoms with Gasteiger partial charge in [0.2, 0.25) is 5.13 Å². The molecule has 0 spiro atoms. The minimum atomic E-state index is 0.763. The summed E-state index contributed by atoms with van der Waals surface area (Å²) in [5.41, 5.74) is 0. The third kappa shape index (κ3) is 3.24. The molecule has 0 saturated carbocycles. The standard InChI is InChI=1S/C5H10N4OS/c1-10-4-2-3-6-5-7-8-9-11-5/h2-4H2,1H3,(H,6,7,9). The lowest BCUT2D eigenvalue weighted by atomic mass is 10.4. The molecule has 0 aromatic carbocycles. The molecule has 1 N–H and O–H groups in total. The summed E-state index contributed by atoms with van der Waals surface area (Å²) in [4.78, 5) is 0. The van der Waals surface area contributed by atoms with E-state index in [2.05, 4.69) is 20.1 Å². The van der Waals surface area contributed by atoms with Crippen LogP contribution in [-0.2, 0) is 4.74 Å². The van der Waals surface area contributed by atoms with Gasteiger partial charge in [0.15, 0.2) is 0 Å². The molecule has 0 unspecified atom stereocenters. The van der Waals surface area contributed by atoms with Crippen molar-refractivity contribution in [1.29, 1.82) is 0 Å². The van der Waals surface area contributed by atoms with E-state index < -0.39 is 0 Å². The maximum atomic E-state index is 4.87. The fourth-order valence-electron chi connectivity index (χ4n) is 0.614. The van der Waals surface area contributed by atoms with Gasteiger partial charge >= 0.3 is 0 Å². The van der Waals surface area contributed by atoms with Crippen LogP contribution in [0.25, 0.3) is 0 Å². The van der Waals surface area contributed by atoms with Crippen LogP contribution in [0.15, 0.2) is 0 Å². The van der Waals surface area contributed by atoms with E-state index in [1.54, 1.807) is 7.11 Å². The van der Waals surface area contributed by atoms with Crippen molar-refractivity contribution >= 4 is 16.7 Å². The van der Waals surface area contributed by atoms with Crippen molar-refractivity contribution in [3.05, 3.63) is 0 Å². The summed E-state index contributed by atoms with van der Waals surface area (Å²) >= 11 is 1.26. The molecule has 0 radical (unpaired) electrons. The zero-order valence-corrected chi connectivity index (χ0v) is 7.10. The number of hydrogen-bond donors (Lipinski definition) is 1. The van der Waals surface area contributed by atoms with Gasteiger partial charge in [-0.05, 0) is 11.6 Å². The van der Waals surface area contributed by atoms with E-state index in [9.17, 15) is 0 Å². The van der Waals surface area contributed by atoms with Crippen LogP contribution >= 0.6 is 11.5 Å². The second kappa shape index (κ2) is 4.97. The molecule has 1 heterocycles. The van der Waals surface area contributed by atoms with Crippen molar-refractivity contribution in [2.24, 2.45) is 0 Å². The highest BCUT2D eigenvalue weighted by Crippen LogP contribution is 2.03. The number of rotatable bonds is 5. The van der Waals surface area contributed by atoms with Crippen molar-refractivity contribution in [3.8, 4) is 0 Å². The molecular formula is C5H10N4OS. The Labute approximate surface area is 68.9 Å². The van der Waals surface area contributed by atoms with Crippen molar-refractivity contribution in [3.63, 3.8) is 0 Å². The van der Waals surface area contributed by atoms with Gasteiger partial charge in [0.1, 0.15) is 0 Å². The number of aromatic nitrogens is 3. The zero-order chi connectivity index (χ0) is 7.94. The minimum absolute atomic E-state index is 0.763. The molecule has 1 aromatic heterocycles. The van der Waals surface area contributed by atoms with E-state index in [1.165, 1.54) is 11.5 Å². The molecule has 1 rings (SSSR count). The molecule has 5 nitrogen and oxygen atoms in total. The van der Waals surface area contributed by atoms with Gasteiger partial charge in [-0.25, -0.2) is 0 Å². The molecule has 11 heavy (non-hydrogen) atoms. The summed E-state index contributed by atoms with van der Waals surface area (Å²) in [6.45, 7) is 1.62. The van der Waals surface area contributed by atoms with E-state index in [0.717, 1.165) is 24.7 Å². The molecule has 0 aliphatic rings. The van der Waals surface area contributed by atoms with E-state index >= 15 is 0 Å². The first-order valence-electron chi connectivity index (χ1n) is 3.31. The van der Waals surface area contributed by atoms with E-state index in [4.69, 9.17) is 4.74 Å². The Bertz CT molecular complexity index is 179. The molecule has 1 aromatic rings. The Hall–Kier alpha value is -0.750. The van der Waals surface area contributed by atoms with Crippen molar-refractivity contribution in [2.45, 2.75) is 6.42 Å². The van der Waals surface area contributed by atoms with Gasteiger partial charge in [-0.15, -0.1) is 0 Å². The van der Waals surface area contributed by atoms with E-state index in [1.807, 2.05) is 0 Å². The van der Waals surface area contributed by atoms with Gasteiger partial charge in [-0.2, -0.15) is 0 Å². The van der Waals surface area contributed by atoms with Gasteiger partial charge in [0.25, 0.3) is 0 Å².